The minimum atomic E-state index is -0.135. The molecule has 4 nitrogen and oxygen atoms in total. The van der Waals surface area contributed by atoms with E-state index in [1.807, 2.05) is 62.4 Å². The van der Waals surface area contributed by atoms with Gasteiger partial charge in [0.05, 0.1) is 12.8 Å². The van der Waals surface area contributed by atoms with Gasteiger partial charge in [-0.15, -0.1) is 0 Å². The van der Waals surface area contributed by atoms with Crippen molar-refractivity contribution >= 4 is 17.5 Å². The SMILES string of the molecule is Cc1ccc(OCC(=O)N(Cc2ccco2)Cc2ccccc2Cl)cc1C. The summed E-state index contributed by atoms with van der Waals surface area (Å²) in [4.78, 5) is 14.5. The van der Waals surface area contributed by atoms with Crippen molar-refractivity contribution in [2.75, 3.05) is 6.61 Å². The summed E-state index contributed by atoms with van der Waals surface area (Å²) in [5.41, 5.74) is 3.19. The fourth-order valence-corrected chi connectivity index (χ4v) is 2.89. The average Bonchev–Trinajstić information content (AvgIpc) is 3.17. The topological polar surface area (TPSA) is 42.7 Å². The Morgan fingerprint density at radius 2 is 1.85 bits per heavy atom. The first-order valence-corrected chi connectivity index (χ1v) is 9.14. The van der Waals surface area contributed by atoms with E-state index in [0.29, 0.717) is 29.6 Å². The summed E-state index contributed by atoms with van der Waals surface area (Å²) < 4.78 is 11.1. The number of ether oxygens (including phenoxy) is 1. The van der Waals surface area contributed by atoms with Crippen molar-refractivity contribution in [2.24, 2.45) is 0 Å². The van der Waals surface area contributed by atoms with Gasteiger partial charge in [0.15, 0.2) is 6.61 Å². The highest BCUT2D eigenvalue weighted by Crippen LogP contribution is 2.20. The van der Waals surface area contributed by atoms with Crippen LogP contribution in [0.5, 0.6) is 5.75 Å². The molecule has 0 N–H and O–H groups in total. The average molecular weight is 384 g/mol. The lowest BCUT2D eigenvalue weighted by molar-refractivity contribution is -0.134. The van der Waals surface area contributed by atoms with E-state index in [1.54, 1.807) is 17.2 Å². The lowest BCUT2D eigenvalue weighted by Gasteiger charge is -2.22. The second-order valence-electron chi connectivity index (χ2n) is 6.46. The van der Waals surface area contributed by atoms with Crippen LogP contribution in [0.2, 0.25) is 5.02 Å². The van der Waals surface area contributed by atoms with Crippen molar-refractivity contribution in [1.29, 1.82) is 0 Å². The molecule has 27 heavy (non-hydrogen) atoms. The standard InChI is InChI=1S/C22H22ClNO3/c1-16-9-10-19(12-17(16)2)27-15-22(25)24(14-20-7-5-11-26-20)13-18-6-3-4-8-21(18)23/h3-12H,13-15H2,1-2H3. The van der Waals surface area contributed by atoms with Gasteiger partial charge in [0.1, 0.15) is 11.5 Å². The maximum absolute atomic E-state index is 12.8. The number of aryl methyl sites for hydroxylation is 2. The Kier molecular flexibility index (Phi) is 6.20. The molecule has 5 heteroatoms. The first kappa shape index (κ1) is 19.1. The van der Waals surface area contributed by atoms with Gasteiger partial charge in [-0.2, -0.15) is 0 Å². The normalized spacial score (nSPS) is 10.6. The minimum absolute atomic E-state index is 0.0480. The predicted octanol–water partition coefficient (Wildman–Crippen LogP) is 5.16. The van der Waals surface area contributed by atoms with E-state index >= 15 is 0 Å². The summed E-state index contributed by atoms with van der Waals surface area (Å²) >= 11 is 6.27. The molecule has 3 aromatic rings. The van der Waals surface area contributed by atoms with E-state index in [4.69, 9.17) is 20.8 Å². The Bertz CT molecular complexity index is 906. The highest BCUT2D eigenvalue weighted by atomic mass is 35.5. The summed E-state index contributed by atoms with van der Waals surface area (Å²) in [7, 11) is 0. The number of hydrogen-bond acceptors (Lipinski definition) is 3. The Balaban J connectivity index is 1.71. The van der Waals surface area contributed by atoms with Crippen LogP contribution in [0.3, 0.4) is 0 Å². The summed E-state index contributed by atoms with van der Waals surface area (Å²) in [6, 6.07) is 17.0. The first-order chi connectivity index (χ1) is 13.0. The fourth-order valence-electron chi connectivity index (χ4n) is 2.70. The second kappa shape index (κ2) is 8.78. The number of rotatable bonds is 7. The lowest BCUT2D eigenvalue weighted by Crippen LogP contribution is -2.34. The highest BCUT2D eigenvalue weighted by molar-refractivity contribution is 6.31. The maximum atomic E-state index is 12.8. The lowest BCUT2D eigenvalue weighted by atomic mass is 10.1. The Hall–Kier alpha value is -2.72. The molecule has 2 aromatic carbocycles. The van der Waals surface area contributed by atoms with E-state index < -0.39 is 0 Å². The minimum Gasteiger partial charge on any atom is -0.484 e. The number of hydrogen-bond donors (Lipinski definition) is 0. The third-order valence-corrected chi connectivity index (χ3v) is 4.81. The van der Waals surface area contributed by atoms with Gasteiger partial charge in [-0.25, -0.2) is 0 Å². The number of carbonyl (C=O) groups excluding carboxylic acids is 1. The molecule has 0 spiro atoms. The van der Waals surface area contributed by atoms with Crippen molar-refractivity contribution < 1.29 is 13.9 Å². The molecule has 0 atom stereocenters. The Morgan fingerprint density at radius 1 is 1.04 bits per heavy atom. The summed E-state index contributed by atoms with van der Waals surface area (Å²) in [6.07, 6.45) is 1.60. The van der Waals surface area contributed by atoms with Crippen LogP contribution >= 0.6 is 11.6 Å². The predicted molar refractivity (Wildman–Crippen MR) is 106 cm³/mol. The number of halogens is 1. The van der Waals surface area contributed by atoms with Gasteiger partial charge in [-0.05, 0) is 60.9 Å². The van der Waals surface area contributed by atoms with E-state index in [9.17, 15) is 4.79 Å². The van der Waals surface area contributed by atoms with E-state index in [-0.39, 0.29) is 12.5 Å². The number of nitrogens with zero attached hydrogens (tertiary/aromatic N) is 1. The monoisotopic (exact) mass is 383 g/mol. The molecule has 0 bridgehead atoms. The number of benzene rings is 2. The van der Waals surface area contributed by atoms with Crippen molar-refractivity contribution in [3.63, 3.8) is 0 Å². The highest BCUT2D eigenvalue weighted by Gasteiger charge is 2.18. The van der Waals surface area contributed by atoms with Gasteiger partial charge in [0, 0.05) is 11.6 Å². The van der Waals surface area contributed by atoms with Crippen molar-refractivity contribution in [2.45, 2.75) is 26.9 Å². The molecule has 0 saturated heterocycles. The van der Waals surface area contributed by atoms with Crippen molar-refractivity contribution in [3.8, 4) is 5.75 Å². The zero-order valence-corrected chi connectivity index (χ0v) is 16.2. The molecule has 0 aliphatic heterocycles. The molecular formula is C22H22ClNO3. The number of carbonyl (C=O) groups is 1. The van der Waals surface area contributed by atoms with Gasteiger partial charge < -0.3 is 14.1 Å². The molecular weight excluding hydrogens is 362 g/mol. The smallest absolute Gasteiger partial charge is 0.261 e. The maximum Gasteiger partial charge on any atom is 0.261 e. The summed E-state index contributed by atoms with van der Waals surface area (Å²) in [5, 5.41) is 0.629. The molecule has 3 rings (SSSR count). The fraction of sp³-hybridized carbons (Fsp3) is 0.227. The van der Waals surface area contributed by atoms with Crippen LogP contribution in [0, 0.1) is 13.8 Å². The Labute approximate surface area is 164 Å². The van der Waals surface area contributed by atoms with E-state index in [1.165, 1.54) is 5.56 Å². The van der Waals surface area contributed by atoms with Gasteiger partial charge in [-0.1, -0.05) is 35.9 Å². The molecule has 0 saturated carbocycles. The number of amides is 1. The van der Waals surface area contributed by atoms with Crippen LogP contribution in [0.1, 0.15) is 22.5 Å². The second-order valence-corrected chi connectivity index (χ2v) is 6.86. The third kappa shape index (κ3) is 5.14. The van der Waals surface area contributed by atoms with Crippen LogP contribution in [-0.4, -0.2) is 17.4 Å². The molecule has 1 amide bonds. The zero-order valence-electron chi connectivity index (χ0n) is 15.4. The molecule has 0 aliphatic rings. The first-order valence-electron chi connectivity index (χ1n) is 8.76. The summed E-state index contributed by atoms with van der Waals surface area (Å²) in [6.45, 7) is 4.75. The van der Waals surface area contributed by atoms with Crippen molar-refractivity contribution in [3.05, 3.63) is 88.3 Å². The third-order valence-electron chi connectivity index (χ3n) is 4.44. The van der Waals surface area contributed by atoms with E-state index in [2.05, 4.69) is 0 Å². The summed E-state index contributed by atoms with van der Waals surface area (Å²) in [5.74, 6) is 1.26. The molecule has 1 aromatic heterocycles. The quantitative estimate of drug-likeness (QED) is 0.566. The molecule has 1 heterocycles. The van der Waals surface area contributed by atoms with Gasteiger partial charge >= 0.3 is 0 Å². The van der Waals surface area contributed by atoms with Crippen molar-refractivity contribution in [1.82, 2.24) is 4.90 Å². The van der Waals surface area contributed by atoms with Gasteiger partial charge in [0.25, 0.3) is 5.91 Å². The largest absolute Gasteiger partial charge is 0.484 e. The van der Waals surface area contributed by atoms with Gasteiger partial charge in [-0.3, -0.25) is 4.79 Å². The molecule has 140 valence electrons. The van der Waals surface area contributed by atoms with Crippen LogP contribution in [-0.2, 0) is 17.9 Å². The number of furan rings is 1. The molecule has 0 unspecified atom stereocenters. The van der Waals surface area contributed by atoms with Gasteiger partial charge in [0.2, 0.25) is 0 Å². The van der Waals surface area contributed by atoms with Crippen LogP contribution < -0.4 is 4.74 Å². The zero-order chi connectivity index (χ0) is 19.2. The molecule has 0 radical (unpaired) electrons. The van der Waals surface area contributed by atoms with Crippen LogP contribution in [0.15, 0.2) is 65.3 Å². The van der Waals surface area contributed by atoms with Crippen LogP contribution in [0.4, 0.5) is 0 Å². The Morgan fingerprint density at radius 3 is 2.56 bits per heavy atom. The van der Waals surface area contributed by atoms with Crippen LogP contribution in [0.25, 0.3) is 0 Å². The molecule has 0 aliphatic carbocycles. The molecule has 0 fully saturated rings. The van der Waals surface area contributed by atoms with E-state index in [0.717, 1.165) is 11.1 Å².